The Labute approximate surface area is 198 Å². The van der Waals surface area contributed by atoms with Crippen molar-refractivity contribution in [3.05, 3.63) is 83.9 Å². The highest BCUT2D eigenvalue weighted by atomic mass is 32.2. The second kappa shape index (κ2) is 8.38. The van der Waals surface area contributed by atoms with E-state index in [2.05, 4.69) is 0 Å². The SMILES string of the molecule is COc1ccc(N(C)S(=O)(=O)[C@@H]2C[C@H]3O[C@@H]2C(c2ccc(O)cc2)=C3c2ccc(O)cc2)cc1. The van der Waals surface area contributed by atoms with Gasteiger partial charge in [0.05, 0.1) is 18.9 Å². The molecule has 1 saturated heterocycles. The van der Waals surface area contributed by atoms with E-state index in [1.54, 1.807) is 74.8 Å². The minimum Gasteiger partial charge on any atom is -0.508 e. The van der Waals surface area contributed by atoms with Gasteiger partial charge < -0.3 is 19.7 Å². The van der Waals surface area contributed by atoms with E-state index in [1.807, 2.05) is 12.1 Å². The number of fused-ring (bicyclic) bond motifs is 2. The first-order valence-corrected chi connectivity index (χ1v) is 12.4. The van der Waals surface area contributed by atoms with Gasteiger partial charge in [0, 0.05) is 7.05 Å². The van der Waals surface area contributed by atoms with Crippen molar-refractivity contribution in [1.29, 1.82) is 0 Å². The van der Waals surface area contributed by atoms with Crippen LogP contribution >= 0.6 is 0 Å². The van der Waals surface area contributed by atoms with Crippen molar-refractivity contribution in [2.24, 2.45) is 0 Å². The molecule has 2 aliphatic heterocycles. The summed E-state index contributed by atoms with van der Waals surface area (Å²) in [5.41, 5.74) is 3.90. The van der Waals surface area contributed by atoms with Gasteiger partial charge in [0.25, 0.3) is 0 Å². The molecule has 2 aliphatic rings. The van der Waals surface area contributed by atoms with Crippen molar-refractivity contribution in [1.82, 2.24) is 0 Å². The number of hydrogen-bond acceptors (Lipinski definition) is 6. The Morgan fingerprint density at radius 3 is 1.91 bits per heavy atom. The molecule has 3 aromatic rings. The largest absolute Gasteiger partial charge is 0.508 e. The van der Waals surface area contributed by atoms with E-state index in [1.165, 1.54) is 4.31 Å². The number of hydrogen-bond donors (Lipinski definition) is 2. The van der Waals surface area contributed by atoms with Gasteiger partial charge in [0.2, 0.25) is 10.0 Å². The first-order valence-electron chi connectivity index (χ1n) is 10.9. The average molecular weight is 480 g/mol. The third kappa shape index (κ3) is 3.69. The molecular weight excluding hydrogens is 454 g/mol. The van der Waals surface area contributed by atoms with E-state index in [0.29, 0.717) is 17.9 Å². The van der Waals surface area contributed by atoms with Crippen LogP contribution in [0.3, 0.4) is 0 Å². The topological polar surface area (TPSA) is 96.3 Å². The maximum Gasteiger partial charge on any atom is 0.240 e. The zero-order valence-corrected chi connectivity index (χ0v) is 19.6. The van der Waals surface area contributed by atoms with E-state index in [4.69, 9.17) is 9.47 Å². The van der Waals surface area contributed by atoms with E-state index >= 15 is 0 Å². The van der Waals surface area contributed by atoms with Crippen LogP contribution in [0.5, 0.6) is 17.2 Å². The first kappa shape index (κ1) is 22.3. The number of nitrogens with zero attached hydrogens (tertiary/aromatic N) is 1. The lowest BCUT2D eigenvalue weighted by atomic mass is 9.83. The third-order valence-corrected chi connectivity index (χ3v) is 8.73. The number of ether oxygens (including phenoxy) is 2. The Hall–Kier alpha value is -3.49. The first-order chi connectivity index (χ1) is 16.3. The predicted octanol–water partition coefficient (Wildman–Crippen LogP) is 4.02. The van der Waals surface area contributed by atoms with Crippen LogP contribution < -0.4 is 9.04 Å². The van der Waals surface area contributed by atoms with E-state index < -0.39 is 27.5 Å². The zero-order chi connectivity index (χ0) is 24.0. The number of sulfonamides is 1. The normalized spacial score (nSPS) is 21.6. The number of methoxy groups -OCH3 is 1. The van der Waals surface area contributed by atoms with Crippen LogP contribution in [0.4, 0.5) is 5.69 Å². The third-order valence-electron chi connectivity index (χ3n) is 6.55. The standard InChI is InChI=1S/C26H25NO6S/c1-27(18-7-13-21(32-2)14-8-18)34(30,31)23-15-22-24(16-3-9-19(28)10-4-16)25(26(23)33-22)17-5-11-20(29)12-6-17/h3-14,22-23,26,28-29H,15H2,1-2H3/t22-,23-,26+/m1/s1. The highest BCUT2D eigenvalue weighted by Gasteiger charge is 2.53. The van der Waals surface area contributed by atoms with Gasteiger partial charge in [-0.3, -0.25) is 4.31 Å². The number of benzene rings is 3. The van der Waals surface area contributed by atoms with Gasteiger partial charge in [-0.2, -0.15) is 0 Å². The fourth-order valence-corrected chi connectivity index (χ4v) is 6.54. The molecule has 34 heavy (non-hydrogen) atoms. The molecule has 0 radical (unpaired) electrons. The fraction of sp³-hybridized carbons (Fsp3) is 0.231. The van der Waals surface area contributed by atoms with Crippen molar-refractivity contribution >= 4 is 26.9 Å². The van der Waals surface area contributed by atoms with Gasteiger partial charge >= 0.3 is 0 Å². The lowest BCUT2D eigenvalue weighted by molar-refractivity contribution is 0.128. The summed E-state index contributed by atoms with van der Waals surface area (Å²) in [4.78, 5) is 0. The summed E-state index contributed by atoms with van der Waals surface area (Å²) in [6.45, 7) is 0. The minimum atomic E-state index is -3.76. The zero-order valence-electron chi connectivity index (χ0n) is 18.8. The van der Waals surface area contributed by atoms with Gasteiger partial charge in [0.1, 0.15) is 28.6 Å². The number of rotatable bonds is 6. The molecule has 3 aromatic carbocycles. The molecule has 0 aromatic heterocycles. The average Bonchev–Trinajstić information content (AvgIpc) is 3.44. The fourth-order valence-electron chi connectivity index (χ4n) is 4.78. The van der Waals surface area contributed by atoms with Crippen molar-refractivity contribution in [3.63, 3.8) is 0 Å². The van der Waals surface area contributed by atoms with Crippen molar-refractivity contribution in [2.45, 2.75) is 23.9 Å². The summed E-state index contributed by atoms with van der Waals surface area (Å²) in [6, 6.07) is 20.4. The lowest BCUT2D eigenvalue weighted by Gasteiger charge is -2.29. The summed E-state index contributed by atoms with van der Waals surface area (Å²) in [5, 5.41) is 18.7. The van der Waals surface area contributed by atoms with E-state index in [-0.39, 0.29) is 11.5 Å². The van der Waals surface area contributed by atoms with Gasteiger partial charge in [-0.05, 0) is 77.2 Å². The van der Waals surface area contributed by atoms with Crippen LogP contribution in [0.2, 0.25) is 0 Å². The van der Waals surface area contributed by atoms with Crippen LogP contribution in [0.15, 0.2) is 72.8 Å². The van der Waals surface area contributed by atoms with Gasteiger partial charge in [0.15, 0.2) is 0 Å². The maximum atomic E-state index is 13.7. The second-order valence-corrected chi connectivity index (χ2v) is 10.6. The van der Waals surface area contributed by atoms with Crippen LogP contribution in [-0.4, -0.2) is 50.2 Å². The Morgan fingerprint density at radius 1 is 0.853 bits per heavy atom. The van der Waals surface area contributed by atoms with Crippen LogP contribution in [0.1, 0.15) is 17.5 Å². The number of phenols is 2. The smallest absolute Gasteiger partial charge is 0.240 e. The van der Waals surface area contributed by atoms with Crippen LogP contribution in [0.25, 0.3) is 11.1 Å². The Balaban J connectivity index is 1.56. The molecular formula is C26H25NO6S. The van der Waals surface area contributed by atoms with E-state index in [9.17, 15) is 18.6 Å². The van der Waals surface area contributed by atoms with Crippen molar-refractivity contribution in [2.75, 3.05) is 18.5 Å². The molecule has 2 heterocycles. The molecule has 0 aliphatic carbocycles. The van der Waals surface area contributed by atoms with Crippen molar-refractivity contribution < 1.29 is 28.1 Å². The molecule has 7 nitrogen and oxygen atoms in total. The molecule has 2 N–H and O–H groups in total. The van der Waals surface area contributed by atoms with Gasteiger partial charge in [-0.25, -0.2) is 8.42 Å². The minimum absolute atomic E-state index is 0.128. The molecule has 0 unspecified atom stereocenters. The molecule has 2 bridgehead atoms. The maximum absolute atomic E-state index is 13.7. The quantitative estimate of drug-likeness (QED) is 0.554. The summed E-state index contributed by atoms with van der Waals surface area (Å²) in [7, 11) is -0.650. The van der Waals surface area contributed by atoms with Crippen LogP contribution in [-0.2, 0) is 14.8 Å². The van der Waals surface area contributed by atoms with Crippen LogP contribution in [0, 0.1) is 0 Å². The Kier molecular flexibility index (Phi) is 5.50. The summed E-state index contributed by atoms with van der Waals surface area (Å²) < 4.78 is 40.2. The van der Waals surface area contributed by atoms with Crippen molar-refractivity contribution in [3.8, 4) is 17.2 Å². The number of aromatic hydroxyl groups is 2. The number of anilines is 1. The summed E-state index contributed by atoms with van der Waals surface area (Å²) in [5.74, 6) is 0.929. The molecule has 176 valence electrons. The lowest BCUT2D eigenvalue weighted by Crippen LogP contribution is -2.42. The second-order valence-electron chi connectivity index (χ2n) is 8.45. The number of phenolic OH excluding ortho intramolecular Hbond substituents is 2. The Bertz CT molecular complexity index is 1330. The molecule has 0 spiro atoms. The Morgan fingerprint density at radius 2 is 1.38 bits per heavy atom. The molecule has 5 rings (SSSR count). The summed E-state index contributed by atoms with van der Waals surface area (Å²) in [6.07, 6.45) is -0.739. The molecule has 8 heteroatoms. The highest BCUT2D eigenvalue weighted by molar-refractivity contribution is 7.93. The van der Waals surface area contributed by atoms with E-state index in [0.717, 1.165) is 22.3 Å². The van der Waals surface area contributed by atoms with Gasteiger partial charge in [-0.15, -0.1) is 0 Å². The predicted molar refractivity (Wildman–Crippen MR) is 130 cm³/mol. The monoisotopic (exact) mass is 479 g/mol. The molecule has 3 atom stereocenters. The highest BCUT2D eigenvalue weighted by Crippen LogP contribution is 2.51. The van der Waals surface area contributed by atoms with Gasteiger partial charge in [-0.1, -0.05) is 24.3 Å². The molecule has 0 saturated carbocycles. The molecule has 0 amide bonds. The molecule has 1 fully saturated rings. The summed E-state index contributed by atoms with van der Waals surface area (Å²) >= 11 is 0.